The van der Waals surface area contributed by atoms with Gasteiger partial charge in [0.2, 0.25) is 5.91 Å². The van der Waals surface area contributed by atoms with Gasteiger partial charge in [0.25, 0.3) is 0 Å². The number of nitrogens with zero attached hydrogens (tertiary/aromatic N) is 2. The minimum Gasteiger partial charge on any atom is -0.383 e. The molecule has 27 heavy (non-hydrogen) atoms. The molecule has 146 valence electrons. The monoisotopic (exact) mass is 389 g/mol. The van der Waals surface area contributed by atoms with Crippen LogP contribution in [0.25, 0.3) is 0 Å². The largest absolute Gasteiger partial charge is 0.383 e. The average Bonchev–Trinajstić information content (AvgIpc) is 3.34. The summed E-state index contributed by atoms with van der Waals surface area (Å²) in [7, 11) is 1.67. The first kappa shape index (κ1) is 19.9. The van der Waals surface area contributed by atoms with E-state index in [1.807, 2.05) is 29.1 Å². The third-order valence-electron chi connectivity index (χ3n) is 4.58. The maximum absolute atomic E-state index is 12.7. The molecule has 0 aliphatic carbocycles. The molecular formula is C20H27N3O3S. The van der Waals surface area contributed by atoms with E-state index in [0.717, 1.165) is 12.0 Å². The van der Waals surface area contributed by atoms with E-state index >= 15 is 0 Å². The number of thioether (sulfide) groups is 1. The van der Waals surface area contributed by atoms with Crippen LogP contribution in [0.3, 0.4) is 0 Å². The fourth-order valence-electron chi connectivity index (χ4n) is 3.17. The maximum atomic E-state index is 12.7. The zero-order chi connectivity index (χ0) is 19.1. The molecule has 0 bridgehead atoms. The number of carbonyl (C=O) groups is 1. The molecule has 0 spiro atoms. The Balaban J connectivity index is 1.51. The molecule has 1 aliphatic heterocycles. The van der Waals surface area contributed by atoms with Gasteiger partial charge >= 0.3 is 0 Å². The fourth-order valence-corrected chi connectivity index (χ4v) is 4.11. The highest BCUT2D eigenvalue weighted by atomic mass is 32.2. The number of ether oxygens (including phenoxy) is 2. The smallest absolute Gasteiger partial charge is 0.226 e. The predicted molar refractivity (Wildman–Crippen MR) is 106 cm³/mol. The summed E-state index contributed by atoms with van der Waals surface area (Å²) in [5, 5.41) is 7.73. The highest BCUT2D eigenvalue weighted by Gasteiger charge is 2.36. The Morgan fingerprint density at radius 1 is 1.44 bits per heavy atom. The Bertz CT molecular complexity index is 722. The van der Waals surface area contributed by atoms with E-state index in [0.29, 0.717) is 31.6 Å². The van der Waals surface area contributed by atoms with Crippen LogP contribution >= 0.6 is 11.8 Å². The molecule has 6 nitrogen and oxygen atoms in total. The van der Waals surface area contributed by atoms with E-state index in [1.54, 1.807) is 25.1 Å². The molecule has 0 unspecified atom stereocenters. The summed E-state index contributed by atoms with van der Waals surface area (Å²) in [6.07, 6.45) is 4.25. The molecule has 1 aliphatic rings. The van der Waals surface area contributed by atoms with Crippen LogP contribution in [0.1, 0.15) is 25.0 Å². The van der Waals surface area contributed by atoms with Crippen LogP contribution in [-0.4, -0.2) is 47.8 Å². The second kappa shape index (κ2) is 9.92. The van der Waals surface area contributed by atoms with Crippen molar-refractivity contribution in [3.63, 3.8) is 0 Å². The Morgan fingerprint density at radius 3 is 3.04 bits per heavy atom. The standard InChI is InChI=1S/C20H27N3O3S/c1-15(27-17-6-4-3-5-7-17)12-21-20(24)18-8-10-26-19(18)16-13-22-23(14-16)9-11-25-2/h3-7,13-15,18-19H,8-12H2,1-2H3,(H,21,24)/t15-,18-,19+/m0/s1. The van der Waals surface area contributed by atoms with Gasteiger partial charge in [-0.2, -0.15) is 5.10 Å². The predicted octanol–water partition coefficient (Wildman–Crippen LogP) is 2.90. The van der Waals surface area contributed by atoms with Gasteiger partial charge in [-0.1, -0.05) is 25.1 Å². The summed E-state index contributed by atoms with van der Waals surface area (Å²) < 4.78 is 12.7. The van der Waals surface area contributed by atoms with Gasteiger partial charge < -0.3 is 14.8 Å². The summed E-state index contributed by atoms with van der Waals surface area (Å²) >= 11 is 1.77. The van der Waals surface area contributed by atoms with Gasteiger partial charge in [0.15, 0.2) is 0 Å². The second-order valence-corrected chi connectivity index (χ2v) is 8.21. The van der Waals surface area contributed by atoms with Crippen LogP contribution in [0.4, 0.5) is 0 Å². The molecule has 3 atom stereocenters. The Kier molecular flexibility index (Phi) is 7.32. The quantitative estimate of drug-likeness (QED) is 0.668. The lowest BCUT2D eigenvalue weighted by Gasteiger charge is -2.19. The third kappa shape index (κ3) is 5.57. The molecule has 7 heteroatoms. The molecule has 0 radical (unpaired) electrons. The van der Waals surface area contributed by atoms with Crippen molar-refractivity contribution < 1.29 is 14.3 Å². The van der Waals surface area contributed by atoms with E-state index in [4.69, 9.17) is 9.47 Å². The topological polar surface area (TPSA) is 65.4 Å². The van der Waals surface area contributed by atoms with Crippen molar-refractivity contribution >= 4 is 17.7 Å². The number of amides is 1. The van der Waals surface area contributed by atoms with Gasteiger partial charge in [0.1, 0.15) is 0 Å². The highest BCUT2D eigenvalue weighted by Crippen LogP contribution is 2.34. The number of hydrogen-bond donors (Lipinski definition) is 1. The van der Waals surface area contributed by atoms with Crippen molar-refractivity contribution in [1.82, 2.24) is 15.1 Å². The van der Waals surface area contributed by atoms with E-state index in [9.17, 15) is 4.79 Å². The van der Waals surface area contributed by atoms with Gasteiger partial charge in [-0.25, -0.2) is 0 Å². The second-order valence-electron chi connectivity index (χ2n) is 6.70. The Hall–Kier alpha value is -1.83. The zero-order valence-corrected chi connectivity index (χ0v) is 16.7. The molecule has 3 rings (SSSR count). The lowest BCUT2D eigenvalue weighted by atomic mass is 9.96. The van der Waals surface area contributed by atoms with Crippen LogP contribution in [-0.2, 0) is 20.8 Å². The normalized spacial score (nSPS) is 20.5. The van der Waals surface area contributed by atoms with Crippen LogP contribution in [0.2, 0.25) is 0 Å². The number of carbonyl (C=O) groups excluding carboxylic acids is 1. The van der Waals surface area contributed by atoms with Crippen LogP contribution in [0.5, 0.6) is 0 Å². The lowest BCUT2D eigenvalue weighted by Crippen LogP contribution is -2.35. The molecule has 1 fully saturated rings. The van der Waals surface area contributed by atoms with Crippen molar-refractivity contribution in [2.75, 3.05) is 26.9 Å². The molecule has 1 aromatic carbocycles. The molecule has 1 aromatic heterocycles. The zero-order valence-electron chi connectivity index (χ0n) is 15.8. The molecular weight excluding hydrogens is 362 g/mol. The van der Waals surface area contributed by atoms with Crippen LogP contribution in [0, 0.1) is 5.92 Å². The number of hydrogen-bond acceptors (Lipinski definition) is 5. The SMILES string of the molecule is COCCn1cc([C@H]2OCC[C@@H]2C(=O)NC[C@H](C)Sc2ccccc2)cn1. The van der Waals surface area contributed by atoms with Crippen molar-refractivity contribution in [3.05, 3.63) is 48.3 Å². The Morgan fingerprint density at radius 2 is 2.26 bits per heavy atom. The minimum atomic E-state index is -0.224. The molecule has 1 amide bonds. The maximum Gasteiger partial charge on any atom is 0.226 e. The van der Waals surface area contributed by atoms with E-state index in [-0.39, 0.29) is 17.9 Å². The molecule has 0 saturated carbocycles. The van der Waals surface area contributed by atoms with Crippen molar-refractivity contribution in [2.45, 2.75) is 36.1 Å². The summed E-state index contributed by atoms with van der Waals surface area (Å²) in [6.45, 7) is 4.65. The van der Waals surface area contributed by atoms with Gasteiger partial charge in [0.05, 0.1) is 31.4 Å². The molecule has 2 heterocycles. The molecule has 2 aromatic rings. The lowest BCUT2D eigenvalue weighted by molar-refractivity contribution is -0.126. The first-order valence-electron chi connectivity index (χ1n) is 9.29. The van der Waals surface area contributed by atoms with Gasteiger partial charge in [-0.15, -0.1) is 11.8 Å². The summed E-state index contributed by atoms with van der Waals surface area (Å²) in [5.74, 6) is -0.110. The first-order chi connectivity index (χ1) is 13.2. The molecule has 1 N–H and O–H groups in total. The molecule has 1 saturated heterocycles. The van der Waals surface area contributed by atoms with Crippen LogP contribution < -0.4 is 5.32 Å². The number of nitrogens with one attached hydrogen (secondary N) is 1. The van der Waals surface area contributed by atoms with Crippen LogP contribution in [0.15, 0.2) is 47.6 Å². The van der Waals surface area contributed by atoms with E-state index < -0.39 is 0 Å². The number of rotatable bonds is 9. The first-order valence-corrected chi connectivity index (χ1v) is 10.2. The highest BCUT2D eigenvalue weighted by molar-refractivity contribution is 8.00. The van der Waals surface area contributed by atoms with Crippen molar-refractivity contribution in [2.24, 2.45) is 5.92 Å². The summed E-state index contributed by atoms with van der Waals surface area (Å²) in [4.78, 5) is 13.9. The Labute approximate surface area is 164 Å². The van der Waals surface area contributed by atoms with E-state index in [1.165, 1.54) is 4.90 Å². The summed E-state index contributed by atoms with van der Waals surface area (Å²) in [6, 6.07) is 10.2. The van der Waals surface area contributed by atoms with Gasteiger partial charge in [-0.3, -0.25) is 9.48 Å². The summed E-state index contributed by atoms with van der Waals surface area (Å²) in [5.41, 5.74) is 0.954. The van der Waals surface area contributed by atoms with Gasteiger partial charge in [-0.05, 0) is 18.6 Å². The third-order valence-corrected chi connectivity index (χ3v) is 5.69. The average molecular weight is 390 g/mol. The number of aromatic nitrogens is 2. The van der Waals surface area contributed by atoms with Gasteiger partial charge in [0, 0.05) is 42.2 Å². The number of methoxy groups -OCH3 is 1. The minimum absolute atomic E-state index is 0.0580. The van der Waals surface area contributed by atoms with Crippen molar-refractivity contribution in [3.8, 4) is 0 Å². The van der Waals surface area contributed by atoms with E-state index in [2.05, 4.69) is 29.5 Å². The van der Waals surface area contributed by atoms with Crippen molar-refractivity contribution in [1.29, 1.82) is 0 Å². The fraction of sp³-hybridized carbons (Fsp3) is 0.500. The number of benzene rings is 1.